The van der Waals surface area contributed by atoms with Gasteiger partial charge >= 0.3 is 6.18 Å². The van der Waals surface area contributed by atoms with Gasteiger partial charge in [-0.2, -0.15) is 13.2 Å². The quantitative estimate of drug-likeness (QED) is 0.813. The summed E-state index contributed by atoms with van der Waals surface area (Å²) in [6.45, 7) is 1.53. The van der Waals surface area contributed by atoms with E-state index < -0.39 is 41.2 Å². The Kier molecular flexibility index (Phi) is 5.28. The molecule has 0 aliphatic heterocycles. The molecule has 130 valence electrons. The first-order valence-electron chi connectivity index (χ1n) is 7.07. The van der Waals surface area contributed by atoms with E-state index >= 15 is 0 Å². The topological polar surface area (TPSA) is 62.5 Å². The lowest BCUT2D eigenvalue weighted by atomic mass is 10.0. The number of aliphatic hydroxyl groups is 1. The average Bonchev–Trinajstić information content (AvgIpc) is 3.00. The molecule has 1 heterocycles. The summed E-state index contributed by atoms with van der Waals surface area (Å²) in [6.07, 6.45) is -4.45. The van der Waals surface area contributed by atoms with Gasteiger partial charge in [-0.1, -0.05) is 0 Å². The Bertz CT molecular complexity index is 698. The van der Waals surface area contributed by atoms with E-state index in [4.69, 9.17) is 4.42 Å². The molecule has 1 amide bonds. The minimum absolute atomic E-state index is 0.0435. The first kappa shape index (κ1) is 18.0. The molecule has 0 aliphatic rings. The molecule has 0 radical (unpaired) electrons. The van der Waals surface area contributed by atoms with Crippen LogP contribution in [0, 0.1) is 5.82 Å². The Hall–Kier alpha value is -2.35. The fourth-order valence-corrected chi connectivity index (χ4v) is 2.24. The lowest BCUT2D eigenvalue weighted by molar-refractivity contribution is -0.138. The van der Waals surface area contributed by atoms with Crippen molar-refractivity contribution in [3.05, 3.63) is 59.3 Å². The fourth-order valence-electron chi connectivity index (χ4n) is 2.24. The van der Waals surface area contributed by atoms with E-state index in [0.29, 0.717) is 0 Å². The number of benzene rings is 1. The Morgan fingerprint density at radius 3 is 2.62 bits per heavy atom. The van der Waals surface area contributed by atoms with Crippen molar-refractivity contribution in [2.45, 2.75) is 31.7 Å². The molecule has 2 aromatic rings. The summed E-state index contributed by atoms with van der Waals surface area (Å²) in [7, 11) is 0. The van der Waals surface area contributed by atoms with Crippen LogP contribution < -0.4 is 5.32 Å². The van der Waals surface area contributed by atoms with Gasteiger partial charge in [-0.05, 0) is 37.3 Å². The highest BCUT2D eigenvalue weighted by Gasteiger charge is 2.36. The van der Waals surface area contributed by atoms with Crippen molar-refractivity contribution in [3.63, 3.8) is 0 Å². The van der Waals surface area contributed by atoms with Crippen LogP contribution in [0.25, 0.3) is 0 Å². The van der Waals surface area contributed by atoms with Crippen LogP contribution in [0.3, 0.4) is 0 Å². The predicted molar refractivity (Wildman–Crippen MR) is 76.6 cm³/mol. The maximum Gasteiger partial charge on any atom is 0.417 e. The molecule has 4 nitrogen and oxygen atoms in total. The van der Waals surface area contributed by atoms with Crippen molar-refractivity contribution in [3.8, 4) is 0 Å². The first-order chi connectivity index (χ1) is 11.2. The molecular formula is C16H15F4NO3. The molecule has 0 saturated carbocycles. The minimum atomic E-state index is -4.86. The summed E-state index contributed by atoms with van der Waals surface area (Å²) in [5, 5.41) is 12.3. The van der Waals surface area contributed by atoms with Crippen LogP contribution in [-0.2, 0) is 6.18 Å². The van der Waals surface area contributed by atoms with Gasteiger partial charge in [0.05, 0.1) is 17.4 Å². The number of carbonyl (C=O) groups excluding carboxylic acids is 1. The number of furan rings is 1. The van der Waals surface area contributed by atoms with Crippen LogP contribution >= 0.6 is 0 Å². The number of amides is 1. The van der Waals surface area contributed by atoms with Crippen LogP contribution in [0.15, 0.2) is 41.0 Å². The van der Waals surface area contributed by atoms with Crippen LogP contribution in [0.4, 0.5) is 17.6 Å². The van der Waals surface area contributed by atoms with E-state index in [9.17, 15) is 27.5 Å². The van der Waals surface area contributed by atoms with E-state index in [1.54, 1.807) is 12.1 Å². The standard InChI is InChI=1S/C16H15F4NO3/c1-9(7-13(22)14-3-2-6-24-14)21-15(23)11-5-4-10(17)8-12(11)16(18,19)20/h2-6,8-9,13,22H,7H2,1H3,(H,21,23). The molecule has 24 heavy (non-hydrogen) atoms. The second kappa shape index (κ2) is 7.04. The van der Waals surface area contributed by atoms with Crippen molar-refractivity contribution in [2.75, 3.05) is 0 Å². The smallest absolute Gasteiger partial charge is 0.417 e. The molecule has 1 aromatic carbocycles. The van der Waals surface area contributed by atoms with E-state index in [-0.39, 0.29) is 18.2 Å². The average molecular weight is 345 g/mol. The van der Waals surface area contributed by atoms with Crippen molar-refractivity contribution >= 4 is 5.91 Å². The summed E-state index contributed by atoms with van der Waals surface area (Å²) in [5.74, 6) is -1.80. The fraction of sp³-hybridized carbons (Fsp3) is 0.312. The van der Waals surface area contributed by atoms with Gasteiger partial charge in [-0.25, -0.2) is 4.39 Å². The summed E-state index contributed by atoms with van der Waals surface area (Å²) in [4.78, 5) is 12.1. The number of hydrogen-bond acceptors (Lipinski definition) is 3. The molecule has 2 atom stereocenters. The SMILES string of the molecule is CC(CC(O)c1ccco1)NC(=O)c1ccc(F)cc1C(F)(F)F. The van der Waals surface area contributed by atoms with Gasteiger partial charge in [0.25, 0.3) is 5.91 Å². The van der Waals surface area contributed by atoms with Crippen molar-refractivity contribution in [2.24, 2.45) is 0 Å². The third-order valence-corrected chi connectivity index (χ3v) is 3.36. The summed E-state index contributed by atoms with van der Waals surface area (Å²) >= 11 is 0. The number of halogens is 4. The minimum Gasteiger partial charge on any atom is -0.467 e. The Labute approximate surface area is 135 Å². The van der Waals surface area contributed by atoms with Gasteiger partial charge in [0, 0.05) is 12.5 Å². The molecular weight excluding hydrogens is 330 g/mol. The molecule has 0 bridgehead atoms. The van der Waals surface area contributed by atoms with Crippen molar-refractivity contribution in [1.29, 1.82) is 0 Å². The molecule has 2 unspecified atom stereocenters. The van der Waals surface area contributed by atoms with Crippen molar-refractivity contribution < 1.29 is 31.9 Å². The van der Waals surface area contributed by atoms with E-state index in [1.165, 1.54) is 13.2 Å². The highest BCUT2D eigenvalue weighted by atomic mass is 19.4. The van der Waals surface area contributed by atoms with Gasteiger partial charge in [0.1, 0.15) is 17.7 Å². The number of hydrogen-bond donors (Lipinski definition) is 2. The van der Waals surface area contributed by atoms with Crippen LogP contribution in [0.2, 0.25) is 0 Å². The molecule has 0 spiro atoms. The van der Waals surface area contributed by atoms with Crippen LogP contribution in [0.5, 0.6) is 0 Å². The molecule has 2 rings (SSSR count). The number of alkyl halides is 3. The summed E-state index contributed by atoms with van der Waals surface area (Å²) in [5.41, 5.74) is -2.03. The maximum atomic E-state index is 13.1. The second-order valence-electron chi connectivity index (χ2n) is 5.33. The first-order valence-corrected chi connectivity index (χ1v) is 7.07. The van der Waals surface area contributed by atoms with Crippen LogP contribution in [0.1, 0.15) is 41.1 Å². The Morgan fingerprint density at radius 2 is 2.04 bits per heavy atom. The number of rotatable bonds is 5. The zero-order valence-electron chi connectivity index (χ0n) is 12.6. The lowest BCUT2D eigenvalue weighted by Crippen LogP contribution is -2.35. The largest absolute Gasteiger partial charge is 0.467 e. The van der Waals surface area contributed by atoms with Gasteiger partial charge in [0.15, 0.2) is 0 Å². The summed E-state index contributed by atoms with van der Waals surface area (Å²) < 4.78 is 56.8. The van der Waals surface area contributed by atoms with Gasteiger partial charge in [-0.3, -0.25) is 4.79 Å². The highest BCUT2D eigenvalue weighted by Crippen LogP contribution is 2.32. The normalized spacial score (nSPS) is 14.2. The molecule has 8 heteroatoms. The number of aliphatic hydroxyl groups excluding tert-OH is 1. The highest BCUT2D eigenvalue weighted by molar-refractivity contribution is 5.96. The van der Waals surface area contributed by atoms with Gasteiger partial charge in [0.2, 0.25) is 0 Å². The third kappa shape index (κ3) is 4.35. The molecule has 0 aliphatic carbocycles. The number of nitrogens with one attached hydrogen (secondary N) is 1. The monoisotopic (exact) mass is 345 g/mol. The van der Waals surface area contributed by atoms with E-state index in [0.717, 1.165) is 12.1 Å². The maximum absolute atomic E-state index is 13.1. The zero-order chi connectivity index (χ0) is 17.9. The zero-order valence-corrected chi connectivity index (χ0v) is 12.6. The summed E-state index contributed by atoms with van der Waals surface area (Å²) in [6, 6.07) is 4.33. The number of carbonyl (C=O) groups is 1. The molecule has 0 saturated heterocycles. The predicted octanol–water partition coefficient (Wildman–Crippen LogP) is 3.68. The Balaban J connectivity index is 2.09. The second-order valence-corrected chi connectivity index (χ2v) is 5.33. The lowest BCUT2D eigenvalue weighted by Gasteiger charge is -2.18. The van der Waals surface area contributed by atoms with Crippen molar-refractivity contribution in [1.82, 2.24) is 5.32 Å². The van der Waals surface area contributed by atoms with E-state index in [2.05, 4.69) is 5.32 Å². The van der Waals surface area contributed by atoms with Crippen LogP contribution in [-0.4, -0.2) is 17.1 Å². The molecule has 0 fully saturated rings. The third-order valence-electron chi connectivity index (χ3n) is 3.36. The van der Waals surface area contributed by atoms with Gasteiger partial charge < -0.3 is 14.8 Å². The molecule has 1 aromatic heterocycles. The van der Waals surface area contributed by atoms with E-state index in [1.807, 2.05) is 0 Å². The van der Waals surface area contributed by atoms with Gasteiger partial charge in [-0.15, -0.1) is 0 Å². The molecule has 2 N–H and O–H groups in total. The Morgan fingerprint density at radius 1 is 1.33 bits per heavy atom.